The number of hydrogen-bond acceptors (Lipinski definition) is 4. The highest BCUT2D eigenvalue weighted by atomic mass is 32.2. The number of thioether (sulfide) groups is 2. The summed E-state index contributed by atoms with van der Waals surface area (Å²) in [6.07, 6.45) is 2.06. The minimum Gasteiger partial charge on any atom is -0.237 e. The summed E-state index contributed by atoms with van der Waals surface area (Å²) in [5.41, 5.74) is 3.31. The number of nitrogens with zero attached hydrogens (tertiary/aromatic N) is 2. The van der Waals surface area contributed by atoms with Crippen LogP contribution >= 0.6 is 23.5 Å². The highest BCUT2D eigenvalue weighted by molar-refractivity contribution is 8.02. The zero-order chi connectivity index (χ0) is 14.0. The summed E-state index contributed by atoms with van der Waals surface area (Å²) in [5.74, 6) is 0.521. The molecule has 0 aliphatic carbocycles. The van der Waals surface area contributed by atoms with Gasteiger partial charge in [-0.05, 0) is 29.9 Å². The number of aromatic nitrogens is 2. The lowest BCUT2D eigenvalue weighted by Gasteiger charge is -2.11. The van der Waals surface area contributed by atoms with Crippen LogP contribution in [0.2, 0.25) is 0 Å². The second-order valence-corrected chi connectivity index (χ2v) is 7.47. The van der Waals surface area contributed by atoms with Gasteiger partial charge in [-0.2, -0.15) is 0 Å². The second kappa shape index (κ2) is 6.14. The average molecular weight is 292 g/mol. The van der Waals surface area contributed by atoms with Gasteiger partial charge in [-0.1, -0.05) is 33.8 Å². The summed E-state index contributed by atoms with van der Waals surface area (Å²) in [6, 6.07) is 6.41. The molecule has 0 saturated carbocycles. The second-order valence-electron chi connectivity index (χ2n) is 5.11. The lowest BCUT2D eigenvalue weighted by atomic mass is 10.0. The third-order valence-electron chi connectivity index (χ3n) is 2.83. The first-order valence-corrected chi connectivity index (χ1v) is 8.64. The zero-order valence-electron chi connectivity index (χ0n) is 12.1. The molecule has 0 aliphatic rings. The molecule has 0 radical (unpaired) electrons. The molecule has 0 amide bonds. The van der Waals surface area contributed by atoms with E-state index in [2.05, 4.69) is 52.1 Å². The minimum atomic E-state index is 0.519. The molecule has 0 atom stereocenters. The van der Waals surface area contributed by atoms with Gasteiger partial charge >= 0.3 is 0 Å². The quantitative estimate of drug-likeness (QED) is 0.743. The van der Waals surface area contributed by atoms with Crippen LogP contribution in [0.1, 0.15) is 39.2 Å². The molecule has 2 aromatic rings. The minimum absolute atomic E-state index is 0.519. The Labute approximate surface area is 123 Å². The van der Waals surface area contributed by atoms with Gasteiger partial charge in [0, 0.05) is 5.25 Å². The Kier molecular flexibility index (Phi) is 4.74. The zero-order valence-corrected chi connectivity index (χ0v) is 13.7. The Balaban J connectivity index is 2.55. The molecule has 0 unspecified atom stereocenters. The molecule has 102 valence electrons. The molecule has 0 saturated heterocycles. The first kappa shape index (κ1) is 14.7. The highest BCUT2D eigenvalue weighted by Crippen LogP contribution is 2.31. The van der Waals surface area contributed by atoms with E-state index in [0.29, 0.717) is 11.2 Å². The first-order chi connectivity index (χ1) is 9.01. The van der Waals surface area contributed by atoms with E-state index >= 15 is 0 Å². The highest BCUT2D eigenvalue weighted by Gasteiger charge is 2.11. The van der Waals surface area contributed by atoms with Crippen LogP contribution < -0.4 is 0 Å². The topological polar surface area (TPSA) is 25.8 Å². The van der Waals surface area contributed by atoms with Crippen molar-refractivity contribution in [1.82, 2.24) is 9.97 Å². The van der Waals surface area contributed by atoms with E-state index in [1.807, 2.05) is 0 Å². The Morgan fingerprint density at radius 2 is 1.63 bits per heavy atom. The lowest BCUT2D eigenvalue weighted by Crippen LogP contribution is -1.97. The van der Waals surface area contributed by atoms with Gasteiger partial charge < -0.3 is 0 Å². The maximum Gasteiger partial charge on any atom is 0.129 e. The van der Waals surface area contributed by atoms with E-state index in [4.69, 9.17) is 9.97 Å². The molecule has 1 heterocycles. The molecule has 1 aromatic carbocycles. The van der Waals surface area contributed by atoms with Crippen LogP contribution in [0.15, 0.2) is 28.3 Å². The molecule has 0 bridgehead atoms. The van der Waals surface area contributed by atoms with Crippen molar-refractivity contribution in [3.05, 3.63) is 23.8 Å². The van der Waals surface area contributed by atoms with Crippen LogP contribution in [-0.2, 0) is 0 Å². The van der Waals surface area contributed by atoms with Crippen molar-refractivity contribution < 1.29 is 0 Å². The molecule has 1 aromatic heterocycles. The predicted molar refractivity (Wildman–Crippen MR) is 86.4 cm³/mol. The predicted octanol–water partition coefficient (Wildman–Crippen LogP) is 4.98. The van der Waals surface area contributed by atoms with E-state index in [-0.39, 0.29) is 0 Å². The smallest absolute Gasteiger partial charge is 0.129 e. The Morgan fingerprint density at radius 1 is 0.947 bits per heavy atom. The summed E-state index contributed by atoms with van der Waals surface area (Å²) in [4.78, 5) is 9.54. The molecule has 2 rings (SSSR count). The maximum atomic E-state index is 4.81. The van der Waals surface area contributed by atoms with Crippen molar-refractivity contribution in [3.63, 3.8) is 0 Å². The Hall–Kier alpha value is -0.740. The van der Waals surface area contributed by atoms with Crippen molar-refractivity contribution in [3.8, 4) is 0 Å². The van der Waals surface area contributed by atoms with E-state index in [1.165, 1.54) is 5.56 Å². The average Bonchev–Trinajstić information content (AvgIpc) is 2.36. The van der Waals surface area contributed by atoms with Gasteiger partial charge in [0.05, 0.1) is 11.0 Å². The van der Waals surface area contributed by atoms with Crippen LogP contribution in [0.3, 0.4) is 0 Å². The van der Waals surface area contributed by atoms with Crippen molar-refractivity contribution in [2.45, 2.75) is 48.9 Å². The summed E-state index contributed by atoms with van der Waals surface area (Å²) in [7, 11) is 0. The standard InChI is InChI=1S/C15H20N2S2/c1-9(2)11-6-7-12-13(8-11)17-15(19-10(3)4)14(16-12)18-5/h6-10H,1-5H3. The molecule has 0 aliphatic heterocycles. The molecule has 2 nitrogen and oxygen atoms in total. The van der Waals surface area contributed by atoms with E-state index in [0.717, 1.165) is 21.1 Å². The molecule has 0 N–H and O–H groups in total. The molecular weight excluding hydrogens is 272 g/mol. The summed E-state index contributed by atoms with van der Waals surface area (Å²) < 4.78 is 0. The van der Waals surface area contributed by atoms with Gasteiger partial charge in [-0.25, -0.2) is 9.97 Å². The molecule has 0 spiro atoms. The van der Waals surface area contributed by atoms with E-state index < -0.39 is 0 Å². The maximum absolute atomic E-state index is 4.81. The fourth-order valence-electron chi connectivity index (χ4n) is 1.83. The number of benzene rings is 1. The van der Waals surface area contributed by atoms with Gasteiger partial charge in [-0.3, -0.25) is 0 Å². The molecular formula is C15H20N2S2. The first-order valence-electron chi connectivity index (χ1n) is 6.53. The van der Waals surface area contributed by atoms with Crippen LogP contribution in [0.5, 0.6) is 0 Å². The van der Waals surface area contributed by atoms with Crippen molar-refractivity contribution in [2.75, 3.05) is 6.26 Å². The normalized spacial score (nSPS) is 11.7. The fourth-order valence-corrected chi connectivity index (χ4v) is 3.38. The third kappa shape index (κ3) is 3.42. The lowest BCUT2D eigenvalue weighted by molar-refractivity contribution is 0.865. The molecule has 0 fully saturated rings. The van der Waals surface area contributed by atoms with Crippen molar-refractivity contribution in [1.29, 1.82) is 0 Å². The van der Waals surface area contributed by atoms with E-state index in [9.17, 15) is 0 Å². The number of fused-ring (bicyclic) bond motifs is 1. The molecule has 4 heteroatoms. The summed E-state index contributed by atoms with van der Waals surface area (Å²) in [6.45, 7) is 8.78. The monoisotopic (exact) mass is 292 g/mol. The fraction of sp³-hybridized carbons (Fsp3) is 0.467. The van der Waals surface area contributed by atoms with E-state index in [1.54, 1.807) is 23.5 Å². The van der Waals surface area contributed by atoms with Crippen LogP contribution in [0.25, 0.3) is 11.0 Å². The summed E-state index contributed by atoms with van der Waals surface area (Å²) in [5, 5.41) is 2.60. The van der Waals surface area contributed by atoms with Gasteiger partial charge in [0.25, 0.3) is 0 Å². The number of hydrogen-bond donors (Lipinski definition) is 0. The summed E-state index contributed by atoms with van der Waals surface area (Å²) >= 11 is 3.45. The third-order valence-corrected chi connectivity index (χ3v) is 4.61. The molecule has 19 heavy (non-hydrogen) atoms. The van der Waals surface area contributed by atoms with Gasteiger partial charge in [0.15, 0.2) is 0 Å². The number of rotatable bonds is 4. The van der Waals surface area contributed by atoms with Gasteiger partial charge in [0.2, 0.25) is 0 Å². The van der Waals surface area contributed by atoms with Crippen molar-refractivity contribution in [2.24, 2.45) is 0 Å². The SMILES string of the molecule is CSc1nc2ccc(C(C)C)cc2nc1SC(C)C. The van der Waals surface area contributed by atoms with Gasteiger partial charge in [0.1, 0.15) is 10.1 Å². The van der Waals surface area contributed by atoms with Crippen molar-refractivity contribution >= 4 is 34.6 Å². The van der Waals surface area contributed by atoms with Gasteiger partial charge in [-0.15, -0.1) is 23.5 Å². The van der Waals surface area contributed by atoms with Crippen LogP contribution in [0, 0.1) is 0 Å². The Bertz CT molecular complexity index is 580. The Morgan fingerprint density at radius 3 is 2.21 bits per heavy atom. The van der Waals surface area contributed by atoms with Crippen LogP contribution in [0.4, 0.5) is 0 Å². The van der Waals surface area contributed by atoms with Crippen LogP contribution in [-0.4, -0.2) is 21.5 Å². The largest absolute Gasteiger partial charge is 0.237 e.